The fourth-order valence-electron chi connectivity index (χ4n) is 5.57. The zero-order valence-corrected chi connectivity index (χ0v) is 26.2. The Hall–Kier alpha value is -4.32. The van der Waals surface area contributed by atoms with Gasteiger partial charge in [-0.05, 0) is 82.7 Å². The summed E-state index contributed by atoms with van der Waals surface area (Å²) in [5, 5.41) is 2.96. The fraction of sp³-hybridized carbons (Fsp3) is 0.406. The van der Waals surface area contributed by atoms with Gasteiger partial charge in [0.15, 0.2) is 0 Å². The number of alkyl halides is 2. The molecule has 0 radical (unpaired) electrons. The molecule has 0 saturated heterocycles. The van der Waals surface area contributed by atoms with Crippen molar-refractivity contribution in [2.45, 2.75) is 71.1 Å². The largest absolute Gasteiger partial charge is 0.443 e. The molecule has 13 heteroatoms. The molecule has 1 N–H and O–H groups in total. The van der Waals surface area contributed by atoms with Crippen molar-refractivity contribution >= 4 is 40.3 Å². The molecule has 10 nitrogen and oxygen atoms in total. The van der Waals surface area contributed by atoms with E-state index < -0.39 is 29.7 Å². The van der Waals surface area contributed by atoms with Crippen molar-refractivity contribution in [3.05, 3.63) is 81.6 Å². The van der Waals surface area contributed by atoms with Gasteiger partial charge in [-0.1, -0.05) is 23.7 Å². The highest BCUT2D eigenvalue weighted by Gasteiger charge is 2.28. The van der Waals surface area contributed by atoms with E-state index in [0.29, 0.717) is 36.4 Å². The van der Waals surface area contributed by atoms with E-state index in [1.54, 1.807) is 49.1 Å². The standard InChI is InChI=1S/C32H35ClF2N6O4/c1-32(2,3)45-31(44)39(4)22-13-14-26(36-17-22)41-25-8-6-5-7-24(25)40(30(41)43)18-19-9-11-21(12-10-19)38-29(42)23-15-20(33)16-37-27(23)28(34)35/h5-8,13-17,19,21,28H,9-12,18H2,1-4H3,(H,38,42). The molecule has 45 heavy (non-hydrogen) atoms. The number of rotatable bonds is 7. The SMILES string of the molecule is CN(C(=O)OC(C)(C)C)c1ccc(-n2c(=O)n(CC3CCC(NC(=O)c4cc(Cl)cnc4C(F)F)CC3)c3ccccc32)nc1. The highest BCUT2D eigenvalue weighted by atomic mass is 35.5. The number of benzene rings is 1. The number of carbonyl (C=O) groups excluding carboxylic acids is 2. The summed E-state index contributed by atoms with van der Waals surface area (Å²) in [4.78, 5) is 48.6. The third-order valence-electron chi connectivity index (χ3n) is 7.81. The Bertz CT molecular complexity index is 1760. The molecule has 2 amide bonds. The third-order valence-corrected chi connectivity index (χ3v) is 8.02. The number of aromatic nitrogens is 4. The fourth-order valence-corrected chi connectivity index (χ4v) is 5.73. The van der Waals surface area contributed by atoms with Crippen LogP contribution >= 0.6 is 11.6 Å². The van der Waals surface area contributed by atoms with Gasteiger partial charge in [0.2, 0.25) is 0 Å². The van der Waals surface area contributed by atoms with E-state index in [2.05, 4.69) is 15.3 Å². The summed E-state index contributed by atoms with van der Waals surface area (Å²) in [5.74, 6) is -0.0439. The first-order chi connectivity index (χ1) is 21.3. The van der Waals surface area contributed by atoms with Crippen LogP contribution in [0.2, 0.25) is 5.02 Å². The molecule has 5 rings (SSSR count). The summed E-state index contributed by atoms with van der Waals surface area (Å²) < 4.78 is 35.5. The van der Waals surface area contributed by atoms with Crippen molar-refractivity contribution in [1.29, 1.82) is 0 Å². The minimum atomic E-state index is -2.90. The van der Waals surface area contributed by atoms with Gasteiger partial charge in [-0.3, -0.25) is 19.2 Å². The molecule has 3 aromatic heterocycles. The number of imidazole rings is 1. The Morgan fingerprint density at radius 2 is 1.76 bits per heavy atom. The van der Waals surface area contributed by atoms with Gasteiger partial charge in [-0.15, -0.1) is 0 Å². The van der Waals surface area contributed by atoms with Crippen molar-refractivity contribution in [2.24, 2.45) is 5.92 Å². The summed E-state index contributed by atoms with van der Waals surface area (Å²) in [7, 11) is 1.60. The maximum atomic E-state index is 13.8. The Balaban J connectivity index is 1.29. The molecule has 1 aromatic carbocycles. The van der Waals surface area contributed by atoms with Gasteiger partial charge in [0, 0.05) is 25.8 Å². The number of pyridine rings is 2. The minimum Gasteiger partial charge on any atom is -0.443 e. The molecule has 1 fully saturated rings. The van der Waals surface area contributed by atoms with Crippen molar-refractivity contribution in [2.75, 3.05) is 11.9 Å². The van der Waals surface area contributed by atoms with Crippen molar-refractivity contribution in [1.82, 2.24) is 24.4 Å². The molecule has 1 aliphatic carbocycles. The smallest absolute Gasteiger partial charge is 0.414 e. The molecule has 3 heterocycles. The second-order valence-corrected chi connectivity index (χ2v) is 12.6. The molecule has 1 saturated carbocycles. The number of hydrogen-bond donors (Lipinski definition) is 1. The third kappa shape index (κ3) is 7.16. The molecule has 0 bridgehead atoms. The van der Waals surface area contributed by atoms with Crippen LogP contribution in [-0.2, 0) is 11.3 Å². The number of amides is 2. The quantitative estimate of drug-likeness (QED) is 0.246. The van der Waals surface area contributed by atoms with Crippen LogP contribution in [0.5, 0.6) is 0 Å². The van der Waals surface area contributed by atoms with E-state index in [-0.39, 0.29) is 28.2 Å². The molecule has 0 aliphatic heterocycles. The van der Waals surface area contributed by atoms with Crippen LogP contribution in [0.15, 0.2) is 59.7 Å². The number of ether oxygens (including phenoxy) is 1. The number of carbonyl (C=O) groups is 2. The van der Waals surface area contributed by atoms with Gasteiger partial charge in [0.25, 0.3) is 12.3 Å². The maximum absolute atomic E-state index is 13.8. The molecule has 238 valence electrons. The summed E-state index contributed by atoms with van der Waals surface area (Å²) >= 11 is 5.91. The first kappa shape index (κ1) is 32.1. The molecule has 0 spiro atoms. The van der Waals surface area contributed by atoms with Gasteiger partial charge >= 0.3 is 11.8 Å². The lowest BCUT2D eigenvalue weighted by atomic mass is 9.85. The number of anilines is 1. The van der Waals surface area contributed by atoms with Crippen LogP contribution in [0.3, 0.4) is 0 Å². The van der Waals surface area contributed by atoms with Crippen LogP contribution in [-0.4, -0.2) is 49.8 Å². The van der Waals surface area contributed by atoms with Crippen LogP contribution in [0.4, 0.5) is 19.3 Å². The first-order valence-corrected chi connectivity index (χ1v) is 15.1. The van der Waals surface area contributed by atoms with E-state index in [1.165, 1.54) is 17.2 Å². The highest BCUT2D eigenvalue weighted by Crippen LogP contribution is 2.29. The van der Waals surface area contributed by atoms with Crippen molar-refractivity contribution < 1.29 is 23.1 Å². The minimum absolute atomic E-state index is 0.108. The lowest BCUT2D eigenvalue weighted by molar-refractivity contribution is 0.0589. The zero-order chi connectivity index (χ0) is 32.5. The van der Waals surface area contributed by atoms with E-state index in [1.807, 2.05) is 24.3 Å². The number of halogens is 3. The molecule has 4 aromatic rings. The zero-order valence-electron chi connectivity index (χ0n) is 25.5. The van der Waals surface area contributed by atoms with E-state index in [0.717, 1.165) is 24.6 Å². The number of fused-ring (bicyclic) bond motifs is 1. The average Bonchev–Trinajstić information content (AvgIpc) is 3.27. The Morgan fingerprint density at radius 1 is 1.07 bits per heavy atom. The van der Waals surface area contributed by atoms with E-state index >= 15 is 0 Å². The molecule has 1 aliphatic rings. The van der Waals surface area contributed by atoms with Gasteiger partial charge in [-0.25, -0.2) is 27.9 Å². The van der Waals surface area contributed by atoms with Gasteiger partial charge in [0.05, 0.1) is 33.5 Å². The molecule has 0 atom stereocenters. The monoisotopic (exact) mass is 640 g/mol. The van der Waals surface area contributed by atoms with E-state index in [4.69, 9.17) is 16.3 Å². The van der Waals surface area contributed by atoms with Gasteiger partial charge < -0.3 is 10.1 Å². The number of hydrogen-bond acceptors (Lipinski definition) is 6. The first-order valence-electron chi connectivity index (χ1n) is 14.7. The summed E-state index contributed by atoms with van der Waals surface area (Å²) in [6.07, 6.45) is 1.95. The van der Waals surface area contributed by atoms with E-state index in [9.17, 15) is 23.2 Å². The predicted octanol–water partition coefficient (Wildman–Crippen LogP) is 6.53. The molecular formula is C32H35ClF2N6O4. The lowest BCUT2D eigenvalue weighted by Crippen LogP contribution is -2.39. The molecule has 0 unspecified atom stereocenters. The van der Waals surface area contributed by atoms with Crippen molar-refractivity contribution in [3.63, 3.8) is 0 Å². The number of para-hydroxylation sites is 2. The van der Waals surface area contributed by atoms with Crippen molar-refractivity contribution in [3.8, 4) is 5.82 Å². The summed E-state index contributed by atoms with van der Waals surface area (Å²) in [6.45, 7) is 5.85. The van der Waals surface area contributed by atoms with Gasteiger partial charge in [-0.2, -0.15) is 0 Å². The number of nitrogens with zero attached hydrogens (tertiary/aromatic N) is 5. The van der Waals surface area contributed by atoms with Crippen LogP contribution < -0.4 is 15.9 Å². The summed E-state index contributed by atoms with van der Waals surface area (Å²) in [5.41, 5.74) is 0.288. The highest BCUT2D eigenvalue weighted by molar-refractivity contribution is 6.30. The lowest BCUT2D eigenvalue weighted by Gasteiger charge is -2.29. The molecular weight excluding hydrogens is 606 g/mol. The topological polar surface area (TPSA) is 111 Å². The number of nitrogens with one attached hydrogen (secondary N) is 1. The van der Waals surface area contributed by atoms with Gasteiger partial charge in [0.1, 0.15) is 17.1 Å². The second kappa shape index (κ2) is 13.0. The van der Waals surface area contributed by atoms with Crippen LogP contribution in [0, 0.1) is 5.92 Å². The Kier molecular flexibility index (Phi) is 9.24. The predicted molar refractivity (Wildman–Crippen MR) is 167 cm³/mol. The maximum Gasteiger partial charge on any atom is 0.414 e. The normalized spacial score (nSPS) is 17.0. The Labute approximate surface area is 264 Å². The summed E-state index contributed by atoms with van der Waals surface area (Å²) in [6, 6.07) is 11.9. The van der Waals surface area contributed by atoms with Crippen LogP contribution in [0.1, 0.15) is 68.9 Å². The second-order valence-electron chi connectivity index (χ2n) is 12.2. The Morgan fingerprint density at radius 3 is 2.38 bits per heavy atom. The van der Waals surface area contributed by atoms with Crippen LogP contribution in [0.25, 0.3) is 16.9 Å². The average molecular weight is 641 g/mol.